The smallest absolute Gasteiger partial charge is 0.159 e. The summed E-state index contributed by atoms with van der Waals surface area (Å²) in [5, 5.41) is 0. The Bertz CT molecular complexity index is 492. The Labute approximate surface area is 102 Å². The number of benzene rings is 1. The molecule has 1 aromatic heterocycles. The van der Waals surface area contributed by atoms with Gasteiger partial charge in [0, 0.05) is 29.4 Å². The predicted octanol–water partition coefficient (Wildman–Crippen LogP) is 2.34. The highest BCUT2D eigenvalue weighted by Crippen LogP contribution is 2.15. The average molecular weight is 227 g/mol. The third-order valence-electron chi connectivity index (χ3n) is 2.47. The summed E-state index contributed by atoms with van der Waals surface area (Å²) in [6.07, 6.45) is 0.781. The quantitative estimate of drug-likeness (QED) is 0.875. The van der Waals surface area contributed by atoms with E-state index in [1.54, 1.807) is 0 Å². The van der Waals surface area contributed by atoms with E-state index in [0.29, 0.717) is 0 Å². The summed E-state index contributed by atoms with van der Waals surface area (Å²) in [4.78, 5) is 9.01. The molecular weight excluding hydrogens is 210 g/mol. The highest BCUT2D eigenvalue weighted by Gasteiger charge is 2.06. The number of rotatable bonds is 3. The van der Waals surface area contributed by atoms with Crippen LogP contribution in [0.2, 0.25) is 0 Å². The Morgan fingerprint density at radius 3 is 2.53 bits per heavy atom. The molecule has 1 atom stereocenters. The van der Waals surface area contributed by atoms with Crippen LogP contribution in [0.4, 0.5) is 0 Å². The molecule has 1 aromatic carbocycles. The Balaban J connectivity index is 2.38. The maximum absolute atomic E-state index is 5.80. The first-order valence-electron chi connectivity index (χ1n) is 5.80. The number of aryl methyl sites for hydroxylation is 1. The van der Waals surface area contributed by atoms with E-state index in [4.69, 9.17) is 5.73 Å². The molecule has 0 saturated heterocycles. The molecule has 0 bridgehead atoms. The van der Waals surface area contributed by atoms with Crippen LogP contribution in [0.15, 0.2) is 36.4 Å². The average Bonchev–Trinajstić information content (AvgIpc) is 2.28. The summed E-state index contributed by atoms with van der Waals surface area (Å²) in [5.41, 5.74) is 8.83. The molecule has 3 heteroatoms. The van der Waals surface area contributed by atoms with Crippen molar-refractivity contribution < 1.29 is 0 Å². The van der Waals surface area contributed by atoms with Gasteiger partial charge in [-0.2, -0.15) is 0 Å². The zero-order valence-corrected chi connectivity index (χ0v) is 10.2. The molecule has 0 saturated carbocycles. The first-order valence-corrected chi connectivity index (χ1v) is 5.80. The van der Waals surface area contributed by atoms with Crippen LogP contribution in [0, 0.1) is 6.92 Å². The minimum Gasteiger partial charge on any atom is -0.328 e. The van der Waals surface area contributed by atoms with Crippen LogP contribution in [-0.4, -0.2) is 16.0 Å². The van der Waals surface area contributed by atoms with Crippen molar-refractivity contribution in [2.24, 2.45) is 5.73 Å². The number of hydrogen-bond acceptors (Lipinski definition) is 3. The predicted molar refractivity (Wildman–Crippen MR) is 69.6 cm³/mol. The van der Waals surface area contributed by atoms with E-state index < -0.39 is 0 Å². The molecule has 3 nitrogen and oxygen atoms in total. The van der Waals surface area contributed by atoms with Gasteiger partial charge in [-0.1, -0.05) is 30.3 Å². The fourth-order valence-corrected chi connectivity index (χ4v) is 1.78. The molecule has 2 rings (SSSR count). The van der Waals surface area contributed by atoms with Gasteiger partial charge in [0.1, 0.15) is 0 Å². The van der Waals surface area contributed by atoms with Crippen molar-refractivity contribution in [1.82, 2.24) is 9.97 Å². The third-order valence-corrected chi connectivity index (χ3v) is 2.47. The maximum atomic E-state index is 5.80. The van der Waals surface area contributed by atoms with Crippen LogP contribution in [-0.2, 0) is 6.42 Å². The fourth-order valence-electron chi connectivity index (χ4n) is 1.78. The summed E-state index contributed by atoms with van der Waals surface area (Å²) in [7, 11) is 0. The third kappa shape index (κ3) is 3.11. The number of nitrogens with zero attached hydrogens (tertiary/aromatic N) is 2. The van der Waals surface area contributed by atoms with Crippen molar-refractivity contribution in [2.75, 3.05) is 0 Å². The van der Waals surface area contributed by atoms with Crippen LogP contribution in [0.3, 0.4) is 0 Å². The molecule has 0 fully saturated rings. The zero-order valence-electron chi connectivity index (χ0n) is 10.2. The molecule has 0 amide bonds. The van der Waals surface area contributed by atoms with Gasteiger partial charge in [-0.15, -0.1) is 0 Å². The van der Waals surface area contributed by atoms with Crippen molar-refractivity contribution >= 4 is 0 Å². The topological polar surface area (TPSA) is 51.8 Å². The van der Waals surface area contributed by atoms with Crippen molar-refractivity contribution in [3.8, 4) is 11.4 Å². The molecule has 2 aromatic rings. The molecule has 1 unspecified atom stereocenters. The number of hydrogen-bond donors (Lipinski definition) is 1. The Morgan fingerprint density at radius 2 is 1.88 bits per heavy atom. The summed E-state index contributed by atoms with van der Waals surface area (Å²) in [6, 6.07) is 12.1. The minimum absolute atomic E-state index is 0.118. The first kappa shape index (κ1) is 11.7. The van der Waals surface area contributed by atoms with E-state index in [9.17, 15) is 0 Å². The van der Waals surface area contributed by atoms with Gasteiger partial charge in [-0.05, 0) is 19.9 Å². The highest BCUT2D eigenvalue weighted by molar-refractivity contribution is 5.54. The number of nitrogens with two attached hydrogens (primary N) is 1. The van der Waals surface area contributed by atoms with Gasteiger partial charge in [0.25, 0.3) is 0 Å². The van der Waals surface area contributed by atoms with Crippen molar-refractivity contribution in [1.29, 1.82) is 0 Å². The lowest BCUT2D eigenvalue weighted by Gasteiger charge is -2.08. The zero-order chi connectivity index (χ0) is 12.3. The molecule has 0 aliphatic heterocycles. The second-order valence-electron chi connectivity index (χ2n) is 4.37. The van der Waals surface area contributed by atoms with E-state index in [1.165, 1.54) is 0 Å². The largest absolute Gasteiger partial charge is 0.328 e. The van der Waals surface area contributed by atoms with Gasteiger partial charge >= 0.3 is 0 Å². The second-order valence-corrected chi connectivity index (χ2v) is 4.37. The van der Waals surface area contributed by atoms with Gasteiger partial charge in [-0.3, -0.25) is 0 Å². The van der Waals surface area contributed by atoms with Crippen molar-refractivity contribution in [3.63, 3.8) is 0 Å². The van der Waals surface area contributed by atoms with E-state index in [-0.39, 0.29) is 6.04 Å². The lowest BCUT2D eigenvalue weighted by molar-refractivity contribution is 0.719. The summed E-state index contributed by atoms with van der Waals surface area (Å²) < 4.78 is 0. The van der Waals surface area contributed by atoms with Gasteiger partial charge in [0.15, 0.2) is 5.82 Å². The Morgan fingerprint density at radius 1 is 1.18 bits per heavy atom. The minimum atomic E-state index is 0.118. The van der Waals surface area contributed by atoms with Crippen LogP contribution in [0.5, 0.6) is 0 Å². The molecule has 0 aliphatic rings. The van der Waals surface area contributed by atoms with Crippen LogP contribution in [0.1, 0.15) is 18.3 Å². The monoisotopic (exact) mass is 227 g/mol. The molecule has 88 valence electrons. The van der Waals surface area contributed by atoms with Crippen LogP contribution < -0.4 is 5.73 Å². The first-order chi connectivity index (χ1) is 8.15. The highest BCUT2D eigenvalue weighted by atomic mass is 14.9. The van der Waals surface area contributed by atoms with Gasteiger partial charge in [-0.25, -0.2) is 9.97 Å². The lowest BCUT2D eigenvalue weighted by atomic mass is 10.1. The maximum Gasteiger partial charge on any atom is 0.159 e. The SMILES string of the molecule is Cc1cc(CC(C)N)nc(-c2ccccc2)n1. The van der Waals surface area contributed by atoms with E-state index >= 15 is 0 Å². The molecule has 0 spiro atoms. The van der Waals surface area contributed by atoms with Crippen LogP contribution >= 0.6 is 0 Å². The molecular formula is C14H17N3. The van der Waals surface area contributed by atoms with Crippen molar-refractivity contribution in [3.05, 3.63) is 47.8 Å². The lowest BCUT2D eigenvalue weighted by Crippen LogP contribution is -2.19. The fraction of sp³-hybridized carbons (Fsp3) is 0.286. The van der Waals surface area contributed by atoms with Crippen molar-refractivity contribution in [2.45, 2.75) is 26.3 Å². The van der Waals surface area contributed by atoms with Crippen LogP contribution in [0.25, 0.3) is 11.4 Å². The molecule has 1 heterocycles. The van der Waals surface area contributed by atoms with Gasteiger partial charge in [0.2, 0.25) is 0 Å². The van der Waals surface area contributed by atoms with E-state index in [2.05, 4.69) is 9.97 Å². The summed E-state index contributed by atoms with van der Waals surface area (Å²) in [5.74, 6) is 0.779. The second kappa shape index (κ2) is 5.06. The van der Waals surface area contributed by atoms with E-state index in [0.717, 1.165) is 29.2 Å². The van der Waals surface area contributed by atoms with E-state index in [1.807, 2.05) is 50.2 Å². The standard InChI is InChI=1S/C14H17N3/c1-10(15)8-13-9-11(2)16-14(17-13)12-6-4-3-5-7-12/h3-7,9-10H,8,15H2,1-2H3. The molecule has 0 aliphatic carbocycles. The summed E-state index contributed by atoms with van der Waals surface area (Å²) >= 11 is 0. The molecule has 17 heavy (non-hydrogen) atoms. The summed E-state index contributed by atoms with van der Waals surface area (Å²) in [6.45, 7) is 3.97. The molecule has 2 N–H and O–H groups in total. The normalized spacial score (nSPS) is 12.4. The number of aromatic nitrogens is 2. The molecule has 0 radical (unpaired) electrons. The Hall–Kier alpha value is -1.74. The van der Waals surface area contributed by atoms with Gasteiger partial charge in [0.05, 0.1) is 0 Å². The van der Waals surface area contributed by atoms with Gasteiger partial charge < -0.3 is 5.73 Å². The Kier molecular flexibility index (Phi) is 3.49.